The Labute approximate surface area is 174 Å². The van der Waals surface area contributed by atoms with Crippen molar-refractivity contribution in [3.8, 4) is 11.5 Å². The molecule has 3 aliphatic rings. The minimum Gasteiger partial charge on any atom is -0.487 e. The molecule has 0 amide bonds. The van der Waals surface area contributed by atoms with Gasteiger partial charge in [-0.1, -0.05) is 38.3 Å². The van der Waals surface area contributed by atoms with Gasteiger partial charge < -0.3 is 14.2 Å². The lowest BCUT2D eigenvalue weighted by Gasteiger charge is -2.47. The van der Waals surface area contributed by atoms with E-state index >= 15 is 0 Å². The van der Waals surface area contributed by atoms with Gasteiger partial charge in [0.2, 0.25) is 6.29 Å². The number of rotatable bonds is 5. The molecule has 1 aromatic carbocycles. The van der Waals surface area contributed by atoms with Crippen molar-refractivity contribution in [2.75, 3.05) is 0 Å². The molecule has 0 fully saturated rings. The minimum absolute atomic E-state index is 0.212. The summed E-state index contributed by atoms with van der Waals surface area (Å²) in [6.45, 7) is 10.8. The van der Waals surface area contributed by atoms with Crippen molar-refractivity contribution in [2.45, 2.75) is 97.4 Å². The molecule has 1 aliphatic carbocycles. The van der Waals surface area contributed by atoms with Crippen molar-refractivity contribution < 1.29 is 19.0 Å². The molecule has 3 atom stereocenters. The van der Waals surface area contributed by atoms with Crippen molar-refractivity contribution in [1.29, 1.82) is 0 Å². The Balaban J connectivity index is 1.89. The largest absolute Gasteiger partial charge is 0.487 e. The Bertz CT molecular complexity index is 836. The number of esters is 1. The van der Waals surface area contributed by atoms with Crippen LogP contribution in [0.4, 0.5) is 0 Å². The molecular weight excluding hydrogens is 364 g/mol. The standard InChI is InChI=1S/C25H34O4/c1-6-8-9-10-16-14-19-22(23-21(16)24(26)28-20(7-2)27-23)17-13-15(3)11-12-18(17)25(4,5)29-19/h13-14,17-18,20H,6-12H2,1-5H3/t17-,18-,20?/m1/s1. The van der Waals surface area contributed by atoms with Crippen LogP contribution >= 0.6 is 0 Å². The summed E-state index contributed by atoms with van der Waals surface area (Å²) in [5.41, 5.74) is 3.84. The first-order valence-corrected chi connectivity index (χ1v) is 11.3. The molecular formula is C25H34O4. The number of allylic oxidation sites excluding steroid dienone is 2. The molecule has 0 aromatic heterocycles. The van der Waals surface area contributed by atoms with E-state index in [9.17, 15) is 4.79 Å². The summed E-state index contributed by atoms with van der Waals surface area (Å²) in [7, 11) is 0. The summed E-state index contributed by atoms with van der Waals surface area (Å²) in [6, 6.07) is 2.09. The van der Waals surface area contributed by atoms with Crippen LogP contribution in [0.2, 0.25) is 0 Å². The maximum Gasteiger partial charge on any atom is 0.345 e. The quantitative estimate of drug-likeness (QED) is 0.331. The predicted octanol–water partition coefficient (Wildman–Crippen LogP) is 6.32. The molecule has 29 heavy (non-hydrogen) atoms. The number of benzene rings is 1. The number of ether oxygens (including phenoxy) is 3. The Kier molecular flexibility index (Phi) is 5.39. The Morgan fingerprint density at radius 1 is 1.17 bits per heavy atom. The van der Waals surface area contributed by atoms with Gasteiger partial charge in [0.15, 0.2) is 0 Å². The highest BCUT2D eigenvalue weighted by atomic mass is 16.7. The third-order valence-corrected chi connectivity index (χ3v) is 6.79. The van der Waals surface area contributed by atoms with E-state index in [1.807, 2.05) is 6.92 Å². The molecule has 1 unspecified atom stereocenters. The predicted molar refractivity (Wildman–Crippen MR) is 114 cm³/mol. The Hall–Kier alpha value is -1.97. The van der Waals surface area contributed by atoms with Gasteiger partial charge in [-0.15, -0.1) is 0 Å². The van der Waals surface area contributed by atoms with E-state index in [1.165, 1.54) is 5.57 Å². The van der Waals surface area contributed by atoms with Crippen LogP contribution in [-0.4, -0.2) is 17.9 Å². The molecule has 158 valence electrons. The summed E-state index contributed by atoms with van der Waals surface area (Å²) in [5.74, 6) is 1.94. The van der Waals surface area contributed by atoms with E-state index in [0.29, 0.717) is 23.7 Å². The average molecular weight is 399 g/mol. The summed E-state index contributed by atoms with van der Waals surface area (Å²) in [4.78, 5) is 13.0. The van der Waals surface area contributed by atoms with E-state index in [4.69, 9.17) is 14.2 Å². The van der Waals surface area contributed by atoms with E-state index < -0.39 is 6.29 Å². The fourth-order valence-electron chi connectivity index (χ4n) is 5.20. The van der Waals surface area contributed by atoms with E-state index in [1.54, 1.807) is 0 Å². The van der Waals surface area contributed by atoms with E-state index in [-0.39, 0.29) is 17.5 Å². The highest BCUT2D eigenvalue weighted by Gasteiger charge is 2.47. The minimum atomic E-state index is -0.521. The fraction of sp³-hybridized carbons (Fsp3) is 0.640. The molecule has 1 aromatic rings. The van der Waals surface area contributed by atoms with Crippen LogP contribution in [0, 0.1) is 5.92 Å². The van der Waals surface area contributed by atoms with Crippen molar-refractivity contribution in [3.05, 3.63) is 34.4 Å². The summed E-state index contributed by atoms with van der Waals surface area (Å²) < 4.78 is 18.5. The van der Waals surface area contributed by atoms with Crippen molar-refractivity contribution in [1.82, 2.24) is 0 Å². The topological polar surface area (TPSA) is 44.8 Å². The number of carbonyl (C=O) groups excluding carboxylic acids is 1. The molecule has 2 heterocycles. The van der Waals surface area contributed by atoms with Gasteiger partial charge in [0.1, 0.15) is 22.7 Å². The van der Waals surface area contributed by atoms with Gasteiger partial charge in [0.25, 0.3) is 0 Å². The van der Waals surface area contributed by atoms with Crippen molar-refractivity contribution >= 4 is 5.97 Å². The Morgan fingerprint density at radius 3 is 2.69 bits per heavy atom. The molecule has 0 radical (unpaired) electrons. The zero-order chi connectivity index (χ0) is 20.8. The third-order valence-electron chi connectivity index (χ3n) is 6.79. The number of cyclic esters (lactones) is 1. The van der Waals surface area contributed by atoms with Gasteiger partial charge in [0, 0.05) is 23.8 Å². The van der Waals surface area contributed by atoms with Crippen LogP contribution in [0.5, 0.6) is 11.5 Å². The van der Waals surface area contributed by atoms with Gasteiger partial charge >= 0.3 is 5.97 Å². The first kappa shape index (κ1) is 20.3. The number of carbonyl (C=O) groups is 1. The van der Waals surface area contributed by atoms with Gasteiger partial charge in [-0.3, -0.25) is 0 Å². The van der Waals surface area contributed by atoms with Gasteiger partial charge in [-0.25, -0.2) is 4.79 Å². The van der Waals surface area contributed by atoms with Crippen LogP contribution in [0.25, 0.3) is 0 Å². The second-order valence-electron chi connectivity index (χ2n) is 9.36. The second kappa shape index (κ2) is 7.70. The van der Waals surface area contributed by atoms with Crippen molar-refractivity contribution in [3.63, 3.8) is 0 Å². The van der Waals surface area contributed by atoms with Crippen LogP contribution in [0.15, 0.2) is 17.7 Å². The molecule has 0 saturated heterocycles. The highest BCUT2D eigenvalue weighted by molar-refractivity contribution is 5.96. The lowest BCUT2D eigenvalue weighted by Crippen LogP contribution is -2.46. The van der Waals surface area contributed by atoms with Crippen molar-refractivity contribution in [2.24, 2.45) is 5.92 Å². The second-order valence-corrected chi connectivity index (χ2v) is 9.36. The first-order valence-electron chi connectivity index (χ1n) is 11.3. The SMILES string of the molecule is CCCCCc1cc2c(c3c1C(=O)OC(CC)O3)[C@@H]1C=C(C)CC[C@H]1C(C)(C)O2. The molecule has 4 rings (SSSR count). The molecule has 0 N–H and O–H groups in total. The molecule has 0 bridgehead atoms. The number of unbranched alkanes of at least 4 members (excludes halogenated alkanes) is 2. The average Bonchev–Trinajstić information content (AvgIpc) is 2.66. The van der Waals surface area contributed by atoms with Gasteiger partial charge in [-0.2, -0.15) is 0 Å². The zero-order valence-corrected chi connectivity index (χ0v) is 18.5. The number of aryl methyl sites for hydroxylation is 1. The first-order chi connectivity index (χ1) is 13.9. The lowest BCUT2D eigenvalue weighted by atomic mass is 9.67. The number of fused-ring (bicyclic) bond motifs is 5. The summed E-state index contributed by atoms with van der Waals surface area (Å²) in [6.07, 6.45) is 8.84. The van der Waals surface area contributed by atoms with Gasteiger partial charge in [0.05, 0.1) is 0 Å². The monoisotopic (exact) mass is 398 g/mol. The molecule has 0 saturated carbocycles. The number of hydrogen-bond acceptors (Lipinski definition) is 4. The molecule has 4 heteroatoms. The number of hydrogen-bond donors (Lipinski definition) is 0. The van der Waals surface area contributed by atoms with Crippen LogP contribution in [-0.2, 0) is 11.2 Å². The molecule has 4 nitrogen and oxygen atoms in total. The molecule has 2 aliphatic heterocycles. The Morgan fingerprint density at radius 2 is 1.97 bits per heavy atom. The zero-order valence-electron chi connectivity index (χ0n) is 18.5. The fourth-order valence-corrected chi connectivity index (χ4v) is 5.20. The van der Waals surface area contributed by atoms with E-state index in [0.717, 1.165) is 55.4 Å². The third kappa shape index (κ3) is 3.55. The lowest BCUT2D eigenvalue weighted by molar-refractivity contribution is -0.0637. The highest BCUT2D eigenvalue weighted by Crippen LogP contribution is 2.55. The molecule has 0 spiro atoms. The van der Waals surface area contributed by atoms with Gasteiger partial charge in [-0.05, 0) is 58.1 Å². The summed E-state index contributed by atoms with van der Waals surface area (Å²) in [5, 5.41) is 0. The maximum absolute atomic E-state index is 13.0. The summed E-state index contributed by atoms with van der Waals surface area (Å²) >= 11 is 0. The smallest absolute Gasteiger partial charge is 0.345 e. The maximum atomic E-state index is 13.0. The van der Waals surface area contributed by atoms with Crippen LogP contribution in [0.3, 0.4) is 0 Å². The van der Waals surface area contributed by atoms with Crippen LogP contribution < -0.4 is 9.47 Å². The normalized spacial score (nSPS) is 26.9. The van der Waals surface area contributed by atoms with E-state index in [2.05, 4.69) is 39.8 Å². The van der Waals surface area contributed by atoms with Crippen LogP contribution in [0.1, 0.15) is 101 Å².